The highest BCUT2D eigenvalue weighted by Crippen LogP contribution is 2.28. The smallest absolute Gasteiger partial charge is 0.246 e. The SMILES string of the molecule is CN(CC1CCC1)C(=O)C(C)(N)c1ccc(Br)cc1. The van der Waals surface area contributed by atoms with Crippen molar-refractivity contribution in [2.24, 2.45) is 11.7 Å². The van der Waals surface area contributed by atoms with Gasteiger partial charge < -0.3 is 10.6 Å². The molecule has 1 atom stereocenters. The summed E-state index contributed by atoms with van der Waals surface area (Å²) in [6.45, 7) is 2.61. The average Bonchev–Trinajstić information content (AvgIpc) is 2.33. The Labute approximate surface area is 123 Å². The molecule has 0 aliphatic heterocycles. The molecule has 0 radical (unpaired) electrons. The van der Waals surface area contributed by atoms with E-state index in [9.17, 15) is 4.79 Å². The molecule has 0 heterocycles. The van der Waals surface area contributed by atoms with Crippen molar-refractivity contribution in [2.45, 2.75) is 31.7 Å². The number of hydrogen-bond donors (Lipinski definition) is 1. The lowest BCUT2D eigenvalue weighted by Crippen LogP contribution is -2.51. The predicted octanol–water partition coefficient (Wildman–Crippen LogP) is 2.88. The summed E-state index contributed by atoms with van der Waals surface area (Å²) in [4.78, 5) is 14.3. The minimum atomic E-state index is -0.959. The van der Waals surface area contributed by atoms with E-state index >= 15 is 0 Å². The van der Waals surface area contributed by atoms with Gasteiger partial charge in [0.25, 0.3) is 0 Å². The van der Waals surface area contributed by atoms with Crippen LogP contribution in [0.3, 0.4) is 0 Å². The van der Waals surface area contributed by atoms with Gasteiger partial charge in [-0.2, -0.15) is 0 Å². The highest BCUT2D eigenvalue weighted by molar-refractivity contribution is 9.10. The summed E-state index contributed by atoms with van der Waals surface area (Å²) in [6, 6.07) is 7.64. The van der Waals surface area contributed by atoms with E-state index in [4.69, 9.17) is 5.73 Å². The first-order chi connectivity index (χ1) is 8.91. The maximum Gasteiger partial charge on any atom is 0.246 e. The molecule has 4 heteroatoms. The Morgan fingerprint density at radius 2 is 2.00 bits per heavy atom. The molecule has 3 nitrogen and oxygen atoms in total. The lowest BCUT2D eigenvalue weighted by atomic mass is 9.84. The van der Waals surface area contributed by atoms with Gasteiger partial charge in [-0.15, -0.1) is 0 Å². The van der Waals surface area contributed by atoms with Crippen LogP contribution in [0.2, 0.25) is 0 Å². The quantitative estimate of drug-likeness (QED) is 0.925. The van der Waals surface area contributed by atoms with Crippen LogP contribution in [0.1, 0.15) is 31.7 Å². The Kier molecular flexibility index (Phi) is 4.31. The van der Waals surface area contributed by atoms with Crippen molar-refractivity contribution in [2.75, 3.05) is 13.6 Å². The van der Waals surface area contributed by atoms with E-state index in [2.05, 4.69) is 15.9 Å². The normalized spacial score (nSPS) is 18.5. The lowest BCUT2D eigenvalue weighted by molar-refractivity contribution is -0.136. The summed E-state index contributed by atoms with van der Waals surface area (Å²) >= 11 is 3.39. The number of carbonyl (C=O) groups excluding carboxylic acids is 1. The van der Waals surface area contributed by atoms with Crippen LogP contribution in [0.5, 0.6) is 0 Å². The zero-order valence-electron chi connectivity index (χ0n) is 11.5. The molecule has 0 spiro atoms. The van der Waals surface area contributed by atoms with Crippen molar-refractivity contribution in [3.05, 3.63) is 34.3 Å². The number of hydrogen-bond acceptors (Lipinski definition) is 2. The summed E-state index contributed by atoms with van der Waals surface area (Å²) < 4.78 is 0.988. The molecule has 104 valence electrons. The number of halogens is 1. The molecule has 1 saturated carbocycles. The number of nitrogens with two attached hydrogens (primary N) is 1. The minimum absolute atomic E-state index is 0.0123. The second-order valence-corrected chi connectivity index (χ2v) is 6.61. The number of rotatable bonds is 4. The molecule has 1 fully saturated rings. The zero-order valence-corrected chi connectivity index (χ0v) is 13.1. The largest absolute Gasteiger partial charge is 0.344 e. The highest BCUT2D eigenvalue weighted by Gasteiger charge is 2.34. The van der Waals surface area contributed by atoms with E-state index in [1.807, 2.05) is 31.3 Å². The van der Waals surface area contributed by atoms with Crippen molar-refractivity contribution in [1.29, 1.82) is 0 Å². The Hall–Kier alpha value is -0.870. The van der Waals surface area contributed by atoms with E-state index in [0.29, 0.717) is 5.92 Å². The van der Waals surface area contributed by atoms with Crippen LogP contribution >= 0.6 is 15.9 Å². The first-order valence-corrected chi connectivity index (χ1v) is 7.51. The fraction of sp³-hybridized carbons (Fsp3) is 0.533. The highest BCUT2D eigenvalue weighted by atomic mass is 79.9. The Balaban J connectivity index is 2.08. The van der Waals surface area contributed by atoms with Crippen LogP contribution < -0.4 is 5.73 Å². The predicted molar refractivity (Wildman–Crippen MR) is 80.7 cm³/mol. The standard InChI is InChI=1S/C15H21BrN2O/c1-15(17,12-6-8-13(16)9-7-12)14(19)18(2)10-11-4-3-5-11/h6-9,11H,3-5,10,17H2,1-2H3. The third-order valence-corrected chi connectivity index (χ3v) is 4.52. The van der Waals surface area contributed by atoms with Gasteiger partial charge in [0.05, 0.1) is 0 Å². The Morgan fingerprint density at radius 3 is 2.47 bits per heavy atom. The van der Waals surface area contributed by atoms with Crippen molar-refractivity contribution in [3.8, 4) is 0 Å². The van der Waals surface area contributed by atoms with Gasteiger partial charge in [0.1, 0.15) is 5.54 Å². The first-order valence-electron chi connectivity index (χ1n) is 6.71. The van der Waals surface area contributed by atoms with Crippen LogP contribution in [0.25, 0.3) is 0 Å². The van der Waals surface area contributed by atoms with Crippen LogP contribution in [0.4, 0.5) is 0 Å². The van der Waals surface area contributed by atoms with Gasteiger partial charge in [0, 0.05) is 18.1 Å². The molecule has 1 amide bonds. The third kappa shape index (κ3) is 3.18. The molecule has 2 rings (SSSR count). The summed E-state index contributed by atoms with van der Waals surface area (Å²) in [6.07, 6.45) is 3.76. The molecule has 1 aliphatic rings. The van der Waals surface area contributed by atoms with Crippen LogP contribution in [0.15, 0.2) is 28.7 Å². The van der Waals surface area contributed by atoms with Crippen LogP contribution in [0, 0.1) is 5.92 Å². The summed E-state index contributed by atoms with van der Waals surface area (Å²) in [5.74, 6) is 0.649. The molecular weight excluding hydrogens is 304 g/mol. The molecule has 0 aromatic heterocycles. The number of likely N-dealkylation sites (N-methyl/N-ethyl adjacent to an activating group) is 1. The average molecular weight is 325 g/mol. The van der Waals surface area contributed by atoms with Gasteiger partial charge in [-0.05, 0) is 43.4 Å². The van der Waals surface area contributed by atoms with Gasteiger partial charge in [0.15, 0.2) is 0 Å². The molecule has 1 aromatic carbocycles. The molecule has 2 N–H and O–H groups in total. The van der Waals surface area contributed by atoms with Gasteiger partial charge >= 0.3 is 0 Å². The molecule has 1 aromatic rings. The van der Waals surface area contributed by atoms with Crippen LogP contribution in [-0.2, 0) is 10.3 Å². The molecule has 1 unspecified atom stereocenters. The van der Waals surface area contributed by atoms with Gasteiger partial charge in [0.2, 0.25) is 5.91 Å². The zero-order chi connectivity index (χ0) is 14.0. The van der Waals surface area contributed by atoms with Gasteiger partial charge in [-0.3, -0.25) is 4.79 Å². The van der Waals surface area contributed by atoms with E-state index in [-0.39, 0.29) is 5.91 Å². The fourth-order valence-corrected chi connectivity index (χ4v) is 2.73. The second kappa shape index (κ2) is 5.63. The Bertz CT molecular complexity index is 452. The third-order valence-electron chi connectivity index (χ3n) is 3.99. The summed E-state index contributed by atoms with van der Waals surface area (Å²) in [5.41, 5.74) is 6.15. The minimum Gasteiger partial charge on any atom is -0.344 e. The number of amides is 1. The molecule has 0 bridgehead atoms. The summed E-state index contributed by atoms with van der Waals surface area (Å²) in [5, 5.41) is 0. The van der Waals surface area contributed by atoms with Gasteiger partial charge in [-0.1, -0.05) is 34.5 Å². The number of nitrogens with zero attached hydrogens (tertiary/aromatic N) is 1. The molecule has 0 saturated heterocycles. The van der Waals surface area contributed by atoms with Crippen molar-refractivity contribution >= 4 is 21.8 Å². The fourth-order valence-electron chi connectivity index (χ4n) is 2.46. The summed E-state index contributed by atoms with van der Waals surface area (Å²) in [7, 11) is 1.85. The molecule has 19 heavy (non-hydrogen) atoms. The van der Waals surface area contributed by atoms with E-state index < -0.39 is 5.54 Å². The Morgan fingerprint density at radius 1 is 1.42 bits per heavy atom. The van der Waals surface area contributed by atoms with E-state index in [1.165, 1.54) is 19.3 Å². The number of benzene rings is 1. The van der Waals surface area contributed by atoms with Crippen molar-refractivity contribution in [1.82, 2.24) is 4.90 Å². The molecule has 1 aliphatic carbocycles. The number of carbonyl (C=O) groups is 1. The maximum absolute atomic E-state index is 12.5. The lowest BCUT2D eigenvalue weighted by Gasteiger charge is -2.34. The first kappa shape index (κ1) is 14.5. The molecular formula is C15H21BrN2O. The second-order valence-electron chi connectivity index (χ2n) is 5.69. The topological polar surface area (TPSA) is 46.3 Å². The van der Waals surface area contributed by atoms with Crippen LogP contribution in [-0.4, -0.2) is 24.4 Å². The van der Waals surface area contributed by atoms with Gasteiger partial charge in [-0.25, -0.2) is 0 Å². The van der Waals surface area contributed by atoms with E-state index in [0.717, 1.165) is 16.6 Å². The maximum atomic E-state index is 12.5. The monoisotopic (exact) mass is 324 g/mol. The van der Waals surface area contributed by atoms with E-state index in [1.54, 1.807) is 11.8 Å². The van der Waals surface area contributed by atoms with Crippen molar-refractivity contribution in [3.63, 3.8) is 0 Å². The van der Waals surface area contributed by atoms with Crippen molar-refractivity contribution < 1.29 is 4.79 Å².